The number of carbonyl (C=O) groups excluding carboxylic acids is 1. The van der Waals surface area contributed by atoms with Crippen molar-refractivity contribution in [3.8, 4) is 0 Å². The predicted molar refractivity (Wildman–Crippen MR) is 97.7 cm³/mol. The molecule has 0 radical (unpaired) electrons. The predicted octanol–water partition coefficient (Wildman–Crippen LogP) is 2.07. The van der Waals surface area contributed by atoms with E-state index in [4.69, 9.17) is 9.47 Å². The maximum Gasteiger partial charge on any atom is 0.328 e. The van der Waals surface area contributed by atoms with E-state index < -0.39 is 32.0 Å². The number of ether oxygens (including phenoxy) is 2. The summed E-state index contributed by atoms with van der Waals surface area (Å²) < 4.78 is 23.6. The molecule has 3 N–H and O–H groups in total. The van der Waals surface area contributed by atoms with Gasteiger partial charge in [-0.05, 0) is 12.0 Å². The smallest absolute Gasteiger partial charge is 0.328 e. The van der Waals surface area contributed by atoms with Gasteiger partial charge in [0.25, 0.3) is 0 Å². The molecule has 8 heteroatoms. The van der Waals surface area contributed by atoms with Gasteiger partial charge in [0, 0.05) is 12.8 Å². The third kappa shape index (κ3) is 5.89. The van der Waals surface area contributed by atoms with Crippen LogP contribution in [-0.2, 0) is 25.4 Å². The highest BCUT2D eigenvalue weighted by Gasteiger charge is 2.46. The Morgan fingerprint density at radius 1 is 1.27 bits per heavy atom. The third-order valence-corrected chi connectivity index (χ3v) is 5.52. The van der Waals surface area contributed by atoms with Crippen LogP contribution in [0.15, 0.2) is 30.3 Å². The normalized spacial score (nSPS) is 29.3. The quantitative estimate of drug-likeness (QED) is 0.621. The molecular formula is C18H28NO6P. The number of rotatable bonds is 7. The van der Waals surface area contributed by atoms with Crippen LogP contribution in [0.2, 0.25) is 0 Å². The molecular weight excluding hydrogens is 357 g/mol. The summed E-state index contributed by atoms with van der Waals surface area (Å²) >= 11 is 0. The highest BCUT2D eigenvalue weighted by Crippen LogP contribution is 2.40. The third-order valence-electron chi connectivity index (χ3n) is 4.68. The van der Waals surface area contributed by atoms with E-state index in [2.05, 4.69) is 5.32 Å². The van der Waals surface area contributed by atoms with Crippen molar-refractivity contribution in [1.29, 1.82) is 0 Å². The maximum atomic E-state index is 11.7. The van der Waals surface area contributed by atoms with Crippen LogP contribution in [0.1, 0.15) is 32.8 Å². The molecule has 1 aromatic rings. The fourth-order valence-corrected chi connectivity index (χ4v) is 4.26. The topological polar surface area (TPSA) is 105 Å². The van der Waals surface area contributed by atoms with Gasteiger partial charge in [0.2, 0.25) is 5.91 Å². The van der Waals surface area contributed by atoms with Crippen LogP contribution in [0, 0.1) is 5.92 Å². The molecule has 5 atom stereocenters. The van der Waals surface area contributed by atoms with Crippen molar-refractivity contribution in [2.45, 2.75) is 58.2 Å². The minimum absolute atomic E-state index is 0.0337. The van der Waals surface area contributed by atoms with Gasteiger partial charge < -0.3 is 24.6 Å². The summed E-state index contributed by atoms with van der Waals surface area (Å²) in [5.41, 5.74) is 0.993. The van der Waals surface area contributed by atoms with Gasteiger partial charge >= 0.3 is 7.60 Å². The van der Waals surface area contributed by atoms with Gasteiger partial charge in [0.05, 0.1) is 37.1 Å². The van der Waals surface area contributed by atoms with Crippen molar-refractivity contribution in [3.05, 3.63) is 35.9 Å². The van der Waals surface area contributed by atoms with Gasteiger partial charge in [-0.15, -0.1) is 0 Å². The molecule has 0 saturated carbocycles. The van der Waals surface area contributed by atoms with E-state index in [1.807, 2.05) is 44.2 Å². The Labute approximate surface area is 154 Å². The first-order valence-electron chi connectivity index (χ1n) is 8.84. The minimum Gasteiger partial charge on any atom is -0.372 e. The Balaban J connectivity index is 2.24. The Morgan fingerprint density at radius 3 is 2.46 bits per heavy atom. The molecule has 0 bridgehead atoms. The summed E-state index contributed by atoms with van der Waals surface area (Å²) in [6.07, 6.45) is -1.17. The first-order valence-corrected chi connectivity index (χ1v) is 10.6. The second-order valence-corrected chi connectivity index (χ2v) is 8.51. The lowest BCUT2D eigenvalue weighted by molar-refractivity contribution is -0.169. The van der Waals surface area contributed by atoms with Crippen molar-refractivity contribution in [2.24, 2.45) is 5.92 Å². The highest BCUT2D eigenvalue weighted by atomic mass is 31.2. The van der Waals surface area contributed by atoms with Crippen LogP contribution in [0.3, 0.4) is 0 Å². The Morgan fingerprint density at radius 2 is 1.92 bits per heavy atom. The van der Waals surface area contributed by atoms with Gasteiger partial charge in [0.15, 0.2) is 0 Å². The van der Waals surface area contributed by atoms with E-state index in [1.165, 1.54) is 6.92 Å². The second kappa shape index (κ2) is 9.11. The van der Waals surface area contributed by atoms with E-state index >= 15 is 0 Å². The summed E-state index contributed by atoms with van der Waals surface area (Å²) in [5, 5.41) is 2.78. The summed E-state index contributed by atoms with van der Waals surface area (Å²) in [4.78, 5) is 30.5. The molecule has 146 valence electrons. The van der Waals surface area contributed by atoms with Crippen molar-refractivity contribution >= 4 is 13.5 Å². The number of nitrogens with one attached hydrogen (secondary N) is 1. The van der Waals surface area contributed by atoms with E-state index in [-0.39, 0.29) is 17.9 Å². The lowest BCUT2D eigenvalue weighted by atomic mass is 9.85. The molecule has 1 aliphatic heterocycles. The van der Waals surface area contributed by atoms with Crippen LogP contribution in [-0.4, -0.2) is 46.2 Å². The van der Waals surface area contributed by atoms with Crippen LogP contribution in [0.5, 0.6) is 0 Å². The Bertz CT molecular complexity index is 634. The van der Waals surface area contributed by atoms with Gasteiger partial charge in [-0.3, -0.25) is 9.36 Å². The van der Waals surface area contributed by atoms with E-state index in [1.54, 1.807) is 0 Å². The van der Waals surface area contributed by atoms with E-state index in [0.29, 0.717) is 13.0 Å². The summed E-state index contributed by atoms with van der Waals surface area (Å²) in [7, 11) is -4.31. The molecule has 0 spiro atoms. The number of hydrogen-bond donors (Lipinski definition) is 3. The SMILES string of the molecule is CC[C@H]1O[C@H](CP(=O)(O)O)[C@H](NC(C)=O)[C@@H](OCc2ccccc2)[C@@H]1C. The number of benzene rings is 1. The lowest BCUT2D eigenvalue weighted by Gasteiger charge is -2.46. The fraction of sp³-hybridized carbons (Fsp3) is 0.611. The van der Waals surface area contributed by atoms with Gasteiger partial charge in [0.1, 0.15) is 0 Å². The van der Waals surface area contributed by atoms with Crippen LogP contribution < -0.4 is 5.32 Å². The molecule has 1 aromatic carbocycles. The van der Waals surface area contributed by atoms with Gasteiger partial charge in [-0.1, -0.05) is 44.2 Å². The number of amides is 1. The molecule has 26 heavy (non-hydrogen) atoms. The molecule has 1 amide bonds. The maximum absolute atomic E-state index is 11.7. The van der Waals surface area contributed by atoms with Crippen LogP contribution >= 0.6 is 7.60 Å². The zero-order valence-corrected chi connectivity index (χ0v) is 16.3. The molecule has 1 fully saturated rings. The molecule has 0 aliphatic carbocycles. The Hall–Kier alpha value is -1.24. The number of carbonyl (C=O) groups is 1. The molecule has 0 aromatic heterocycles. The molecule has 1 aliphatic rings. The van der Waals surface area contributed by atoms with E-state index in [9.17, 15) is 19.1 Å². The zero-order valence-electron chi connectivity index (χ0n) is 15.4. The number of hydrogen-bond acceptors (Lipinski definition) is 4. The average molecular weight is 385 g/mol. The zero-order chi connectivity index (χ0) is 19.3. The Kier molecular flexibility index (Phi) is 7.38. The first-order chi connectivity index (χ1) is 12.2. The minimum atomic E-state index is -4.31. The molecule has 2 rings (SSSR count). The molecule has 1 saturated heterocycles. The van der Waals surface area contributed by atoms with Crippen molar-refractivity contribution < 1.29 is 28.6 Å². The highest BCUT2D eigenvalue weighted by molar-refractivity contribution is 7.51. The summed E-state index contributed by atoms with van der Waals surface area (Å²) in [5.74, 6) is -0.321. The van der Waals surface area contributed by atoms with Crippen molar-refractivity contribution in [1.82, 2.24) is 5.32 Å². The summed E-state index contributed by atoms with van der Waals surface area (Å²) in [6.45, 7) is 5.67. The molecule has 0 unspecified atom stereocenters. The first kappa shape index (κ1) is 21.1. The largest absolute Gasteiger partial charge is 0.372 e. The fourth-order valence-electron chi connectivity index (χ4n) is 3.47. The van der Waals surface area contributed by atoms with Crippen molar-refractivity contribution in [2.75, 3.05) is 6.16 Å². The average Bonchev–Trinajstić information content (AvgIpc) is 2.56. The van der Waals surface area contributed by atoms with E-state index in [0.717, 1.165) is 5.56 Å². The van der Waals surface area contributed by atoms with Crippen LogP contribution in [0.25, 0.3) is 0 Å². The second-order valence-electron chi connectivity index (χ2n) is 6.82. The summed E-state index contributed by atoms with van der Waals surface area (Å²) in [6, 6.07) is 9.03. The monoisotopic (exact) mass is 385 g/mol. The lowest BCUT2D eigenvalue weighted by Crippen LogP contribution is -2.62. The van der Waals surface area contributed by atoms with Gasteiger partial charge in [-0.2, -0.15) is 0 Å². The standard InChI is InChI=1S/C18H28NO6P/c1-4-15-12(2)18(24-10-14-8-6-5-7-9-14)17(19-13(3)20)16(25-15)11-26(21,22)23/h5-9,12,15-18H,4,10-11H2,1-3H3,(H,19,20)(H2,21,22,23)/t12-,15-,16-,17+,18+/m1/s1. The van der Waals surface area contributed by atoms with Crippen LogP contribution in [0.4, 0.5) is 0 Å². The van der Waals surface area contributed by atoms with Crippen molar-refractivity contribution in [3.63, 3.8) is 0 Å². The molecule has 7 nitrogen and oxygen atoms in total. The van der Waals surface area contributed by atoms with Gasteiger partial charge in [-0.25, -0.2) is 0 Å². The molecule has 1 heterocycles.